The summed E-state index contributed by atoms with van der Waals surface area (Å²) in [5.74, 6) is 1.08. The first-order valence-corrected chi connectivity index (χ1v) is 10.0. The van der Waals surface area contributed by atoms with Crippen molar-refractivity contribution in [2.45, 2.75) is 39.5 Å². The van der Waals surface area contributed by atoms with E-state index in [0.717, 1.165) is 49.1 Å². The van der Waals surface area contributed by atoms with E-state index in [0.29, 0.717) is 11.7 Å². The summed E-state index contributed by atoms with van der Waals surface area (Å²) in [6, 6.07) is 12.9. The summed E-state index contributed by atoms with van der Waals surface area (Å²) >= 11 is 0. The number of aromatic amines is 1. The van der Waals surface area contributed by atoms with Crippen molar-refractivity contribution in [3.63, 3.8) is 0 Å². The number of imidazole rings is 1. The molecule has 0 aliphatic rings. The Kier molecular flexibility index (Phi) is 6.41. The second kappa shape index (κ2) is 8.97. The highest BCUT2D eigenvalue weighted by molar-refractivity contribution is 5.83. The fraction of sp³-hybridized carbons (Fsp3) is 0.409. The molecule has 6 heteroatoms. The molecule has 3 aromatic rings. The summed E-state index contributed by atoms with van der Waals surface area (Å²) in [6.45, 7) is 9.69. The van der Waals surface area contributed by atoms with E-state index in [9.17, 15) is 10.1 Å². The molecule has 1 heterocycles. The summed E-state index contributed by atoms with van der Waals surface area (Å²) in [5, 5.41) is 11.1. The van der Waals surface area contributed by atoms with Crippen LogP contribution < -0.4 is 0 Å². The lowest BCUT2D eigenvalue weighted by Crippen LogP contribution is -2.28. The number of nitrogens with zero attached hydrogens (tertiary/aromatic N) is 3. The molecule has 28 heavy (non-hydrogen) atoms. The topological polar surface area (TPSA) is 75.1 Å². The zero-order valence-electron chi connectivity index (χ0n) is 16.8. The van der Waals surface area contributed by atoms with Crippen molar-refractivity contribution < 1.29 is 4.92 Å². The van der Waals surface area contributed by atoms with Crippen molar-refractivity contribution in [2.75, 3.05) is 19.6 Å². The molecule has 0 aliphatic heterocycles. The molecule has 1 unspecified atom stereocenters. The van der Waals surface area contributed by atoms with Crippen LogP contribution in [0.15, 0.2) is 42.5 Å². The molecule has 0 saturated carbocycles. The number of hydrogen-bond acceptors (Lipinski definition) is 4. The van der Waals surface area contributed by atoms with Crippen LogP contribution in [0.3, 0.4) is 0 Å². The lowest BCUT2D eigenvalue weighted by atomic mass is 9.92. The lowest BCUT2D eigenvalue weighted by molar-refractivity contribution is -0.384. The highest BCUT2D eigenvalue weighted by atomic mass is 16.6. The Balaban J connectivity index is 2.03. The summed E-state index contributed by atoms with van der Waals surface area (Å²) in [7, 11) is 0. The molecule has 0 bridgehead atoms. The van der Waals surface area contributed by atoms with Crippen LogP contribution in [0.5, 0.6) is 0 Å². The van der Waals surface area contributed by atoms with Gasteiger partial charge in [-0.05, 0) is 37.1 Å². The number of fused-ring (bicyclic) bond motifs is 1. The van der Waals surface area contributed by atoms with E-state index in [2.05, 4.69) is 42.8 Å². The van der Waals surface area contributed by atoms with Gasteiger partial charge in [-0.25, -0.2) is 4.98 Å². The maximum Gasteiger partial charge on any atom is 0.270 e. The second-order valence-corrected chi connectivity index (χ2v) is 7.11. The highest BCUT2D eigenvalue weighted by Gasteiger charge is 2.19. The third kappa shape index (κ3) is 4.22. The van der Waals surface area contributed by atoms with Gasteiger partial charge in [-0.1, -0.05) is 51.5 Å². The van der Waals surface area contributed by atoms with E-state index in [-0.39, 0.29) is 10.6 Å². The number of rotatable bonds is 9. The predicted octanol–water partition coefficient (Wildman–Crippen LogP) is 5.36. The average Bonchev–Trinajstić information content (AvgIpc) is 3.15. The average molecular weight is 380 g/mol. The third-order valence-corrected chi connectivity index (χ3v) is 5.32. The van der Waals surface area contributed by atoms with Crippen molar-refractivity contribution in [1.82, 2.24) is 14.9 Å². The first-order chi connectivity index (χ1) is 13.6. The minimum absolute atomic E-state index is 0.0728. The first-order valence-electron chi connectivity index (χ1n) is 10.0. The van der Waals surface area contributed by atoms with E-state index in [1.165, 1.54) is 11.6 Å². The number of nitrogens with one attached hydrogen (secondary N) is 1. The second-order valence-electron chi connectivity index (χ2n) is 7.11. The van der Waals surface area contributed by atoms with Gasteiger partial charge in [-0.15, -0.1) is 0 Å². The maximum absolute atomic E-state index is 11.1. The van der Waals surface area contributed by atoms with Gasteiger partial charge in [-0.3, -0.25) is 10.1 Å². The number of para-hydroxylation sites is 1. The minimum atomic E-state index is -0.376. The highest BCUT2D eigenvalue weighted by Crippen LogP contribution is 2.31. The van der Waals surface area contributed by atoms with Crippen LogP contribution >= 0.6 is 0 Å². The van der Waals surface area contributed by atoms with E-state index in [1.807, 2.05) is 12.1 Å². The van der Waals surface area contributed by atoms with Gasteiger partial charge in [0.05, 0.1) is 16.0 Å². The largest absolute Gasteiger partial charge is 0.338 e. The van der Waals surface area contributed by atoms with Gasteiger partial charge in [-0.2, -0.15) is 0 Å². The van der Waals surface area contributed by atoms with Gasteiger partial charge in [0.2, 0.25) is 0 Å². The monoisotopic (exact) mass is 380 g/mol. The van der Waals surface area contributed by atoms with Crippen molar-refractivity contribution in [3.05, 3.63) is 58.1 Å². The van der Waals surface area contributed by atoms with E-state index in [4.69, 9.17) is 4.98 Å². The number of non-ortho nitro benzene ring substituents is 1. The first kappa shape index (κ1) is 20.0. The molecule has 1 aromatic heterocycles. The molecule has 148 valence electrons. The normalized spacial score (nSPS) is 12.6. The molecule has 0 fully saturated rings. The molecule has 0 amide bonds. The quantitative estimate of drug-likeness (QED) is 0.400. The smallest absolute Gasteiger partial charge is 0.270 e. The molecule has 0 spiro atoms. The molecule has 1 N–H and O–H groups in total. The Morgan fingerprint density at radius 3 is 2.57 bits per heavy atom. The molecular weight excluding hydrogens is 352 g/mol. The van der Waals surface area contributed by atoms with E-state index in [1.54, 1.807) is 12.1 Å². The van der Waals surface area contributed by atoms with Gasteiger partial charge in [0.1, 0.15) is 5.82 Å². The van der Waals surface area contributed by atoms with Crippen LogP contribution in [-0.4, -0.2) is 39.4 Å². The van der Waals surface area contributed by atoms with Gasteiger partial charge in [0, 0.05) is 24.2 Å². The molecule has 0 aliphatic carbocycles. The Hall–Kier alpha value is -2.73. The van der Waals surface area contributed by atoms with Crippen LogP contribution in [0.4, 0.5) is 5.69 Å². The van der Waals surface area contributed by atoms with E-state index >= 15 is 0 Å². The van der Waals surface area contributed by atoms with Crippen LogP contribution in [0.25, 0.3) is 22.4 Å². The van der Waals surface area contributed by atoms with Gasteiger partial charge in [0.25, 0.3) is 5.69 Å². The van der Waals surface area contributed by atoms with Gasteiger partial charge >= 0.3 is 0 Å². The molecule has 1 atom stereocenters. The van der Waals surface area contributed by atoms with Crippen LogP contribution in [0.2, 0.25) is 0 Å². The Morgan fingerprint density at radius 1 is 1.14 bits per heavy atom. The molecular formula is C22H28N4O2. The summed E-state index contributed by atoms with van der Waals surface area (Å²) in [5.41, 5.74) is 3.99. The Labute approximate surface area is 165 Å². The fourth-order valence-corrected chi connectivity index (χ4v) is 3.77. The summed E-state index contributed by atoms with van der Waals surface area (Å²) < 4.78 is 0. The molecule has 6 nitrogen and oxygen atoms in total. The SMILES string of the molecule is CCCC(CN(CC)CC)c1cccc2[nH]c(-c3cccc([N+](=O)[O-])c3)nc12. The molecule has 2 aromatic carbocycles. The summed E-state index contributed by atoms with van der Waals surface area (Å²) in [6.07, 6.45) is 2.22. The number of nitro groups is 1. The molecule has 0 radical (unpaired) electrons. The standard InChI is InChI=1S/C22H28N4O2/c1-4-9-17(15-25(5-2)6-3)19-12-8-13-20-21(19)24-22(23-20)16-10-7-11-18(14-16)26(27)28/h7-8,10-14,17H,4-6,9,15H2,1-3H3,(H,23,24). The Bertz CT molecular complexity index is 947. The van der Waals surface area contributed by atoms with Crippen molar-refractivity contribution in [1.29, 1.82) is 0 Å². The van der Waals surface area contributed by atoms with Gasteiger partial charge < -0.3 is 9.88 Å². The van der Waals surface area contributed by atoms with Crippen molar-refractivity contribution in [2.24, 2.45) is 0 Å². The fourth-order valence-electron chi connectivity index (χ4n) is 3.77. The molecule has 0 saturated heterocycles. The number of hydrogen-bond donors (Lipinski definition) is 1. The number of likely N-dealkylation sites (N-methyl/N-ethyl adjacent to an activating group) is 1. The third-order valence-electron chi connectivity index (χ3n) is 5.32. The predicted molar refractivity (Wildman–Crippen MR) is 114 cm³/mol. The zero-order valence-corrected chi connectivity index (χ0v) is 16.8. The number of H-pyrrole nitrogens is 1. The van der Waals surface area contributed by atoms with Crippen molar-refractivity contribution >= 4 is 16.7 Å². The molecule has 3 rings (SSSR count). The maximum atomic E-state index is 11.1. The van der Waals surface area contributed by atoms with Crippen LogP contribution in [-0.2, 0) is 0 Å². The minimum Gasteiger partial charge on any atom is -0.338 e. The zero-order chi connectivity index (χ0) is 20.1. The summed E-state index contributed by atoms with van der Waals surface area (Å²) in [4.78, 5) is 21.4. The van der Waals surface area contributed by atoms with Crippen LogP contribution in [0.1, 0.15) is 45.1 Å². The Morgan fingerprint density at radius 2 is 1.89 bits per heavy atom. The number of aromatic nitrogens is 2. The van der Waals surface area contributed by atoms with E-state index < -0.39 is 0 Å². The van der Waals surface area contributed by atoms with Gasteiger partial charge in [0.15, 0.2) is 0 Å². The number of nitro benzene ring substituents is 1. The van der Waals surface area contributed by atoms with Crippen molar-refractivity contribution in [3.8, 4) is 11.4 Å². The number of benzene rings is 2. The van der Waals surface area contributed by atoms with Crippen LogP contribution in [0, 0.1) is 10.1 Å². The lowest BCUT2D eigenvalue weighted by Gasteiger charge is -2.25.